The smallest absolute Gasteiger partial charge is 0.258 e. The lowest BCUT2D eigenvalue weighted by atomic mass is 10.1. The van der Waals surface area contributed by atoms with Crippen LogP contribution in [0.15, 0.2) is 41.3 Å². The minimum Gasteiger partial charge on any atom is -0.384 e. The van der Waals surface area contributed by atoms with Crippen LogP contribution in [-0.4, -0.2) is 46.2 Å². The molecule has 0 saturated carbocycles. The number of hydrogen-bond acceptors (Lipinski definition) is 6. The highest BCUT2D eigenvalue weighted by molar-refractivity contribution is 5.83. The number of H-pyrrole nitrogens is 1. The maximum atomic E-state index is 12.5. The topological polar surface area (TPSA) is 97.1 Å². The first-order valence-corrected chi connectivity index (χ1v) is 8.24. The molecule has 3 aromatic rings. The van der Waals surface area contributed by atoms with Crippen molar-refractivity contribution in [2.24, 2.45) is 0 Å². The van der Waals surface area contributed by atoms with Crippen molar-refractivity contribution in [2.45, 2.75) is 6.54 Å². The van der Waals surface area contributed by atoms with Crippen LogP contribution in [0, 0.1) is 0 Å². The normalized spacial score (nSPS) is 15.5. The van der Waals surface area contributed by atoms with Crippen LogP contribution in [0.2, 0.25) is 0 Å². The fourth-order valence-corrected chi connectivity index (χ4v) is 2.99. The predicted octanol–water partition coefficient (Wildman–Crippen LogP) is 1.40. The van der Waals surface area contributed by atoms with Crippen LogP contribution in [0.4, 0.5) is 5.82 Å². The fraction of sp³-hybridized carbons (Fsp3) is 0.278. The Labute approximate surface area is 144 Å². The van der Waals surface area contributed by atoms with E-state index in [0.717, 1.165) is 37.4 Å². The van der Waals surface area contributed by atoms with E-state index in [0.29, 0.717) is 29.1 Å². The molecular weight excluding hydrogens is 318 g/mol. The van der Waals surface area contributed by atoms with E-state index in [1.54, 1.807) is 12.3 Å². The van der Waals surface area contributed by atoms with Gasteiger partial charge in [0.2, 0.25) is 0 Å². The number of nitrogens with one attached hydrogen (secondary N) is 1. The molecule has 4 rings (SSSR count). The number of hydrogen-bond donors (Lipinski definition) is 2. The summed E-state index contributed by atoms with van der Waals surface area (Å²) in [7, 11) is 0. The van der Waals surface area contributed by atoms with Gasteiger partial charge in [0.1, 0.15) is 11.6 Å². The molecule has 1 aliphatic rings. The molecule has 1 aromatic carbocycles. The van der Waals surface area contributed by atoms with Crippen LogP contribution < -0.4 is 11.3 Å². The lowest BCUT2D eigenvalue weighted by molar-refractivity contribution is 0.0331. The molecule has 128 valence electrons. The van der Waals surface area contributed by atoms with Gasteiger partial charge in [0.05, 0.1) is 30.7 Å². The molecule has 7 heteroatoms. The van der Waals surface area contributed by atoms with Crippen LogP contribution in [0.5, 0.6) is 0 Å². The Bertz CT molecular complexity index is 946. The van der Waals surface area contributed by atoms with E-state index in [2.05, 4.69) is 19.9 Å². The summed E-state index contributed by atoms with van der Waals surface area (Å²) in [5.74, 6) is 1.15. The van der Waals surface area contributed by atoms with Crippen LogP contribution in [0.3, 0.4) is 0 Å². The maximum Gasteiger partial charge on any atom is 0.258 e. The molecule has 1 fully saturated rings. The minimum absolute atomic E-state index is 0.126. The molecule has 3 heterocycles. The second kappa shape index (κ2) is 6.62. The molecule has 0 spiro atoms. The third-order valence-corrected chi connectivity index (χ3v) is 4.35. The highest BCUT2D eigenvalue weighted by Gasteiger charge is 2.13. The predicted molar refractivity (Wildman–Crippen MR) is 96.1 cm³/mol. The maximum absolute atomic E-state index is 12.5. The Morgan fingerprint density at radius 3 is 2.72 bits per heavy atom. The summed E-state index contributed by atoms with van der Waals surface area (Å²) in [4.78, 5) is 26.3. The lowest BCUT2D eigenvalue weighted by Gasteiger charge is -2.25. The van der Waals surface area contributed by atoms with Crippen LogP contribution in [0.25, 0.3) is 22.0 Å². The van der Waals surface area contributed by atoms with Gasteiger partial charge in [0.25, 0.3) is 5.56 Å². The van der Waals surface area contributed by atoms with Crippen molar-refractivity contribution in [3.63, 3.8) is 0 Å². The van der Waals surface area contributed by atoms with Gasteiger partial charge >= 0.3 is 0 Å². The van der Waals surface area contributed by atoms with Gasteiger partial charge in [-0.15, -0.1) is 0 Å². The molecule has 7 nitrogen and oxygen atoms in total. The molecule has 1 saturated heterocycles. The zero-order valence-corrected chi connectivity index (χ0v) is 13.7. The number of morpholine rings is 1. The molecule has 0 unspecified atom stereocenters. The van der Waals surface area contributed by atoms with Gasteiger partial charge in [-0.1, -0.05) is 6.07 Å². The fourth-order valence-electron chi connectivity index (χ4n) is 2.99. The average molecular weight is 337 g/mol. The number of benzene rings is 1. The first kappa shape index (κ1) is 15.7. The van der Waals surface area contributed by atoms with E-state index in [9.17, 15) is 4.79 Å². The Kier molecular flexibility index (Phi) is 4.17. The number of nitrogens with zero attached hydrogens (tertiary/aromatic N) is 3. The van der Waals surface area contributed by atoms with Crippen molar-refractivity contribution >= 4 is 16.7 Å². The van der Waals surface area contributed by atoms with Gasteiger partial charge in [0.15, 0.2) is 0 Å². The largest absolute Gasteiger partial charge is 0.384 e. The van der Waals surface area contributed by atoms with Crippen molar-refractivity contribution in [2.75, 3.05) is 32.0 Å². The molecule has 0 bridgehead atoms. The minimum atomic E-state index is -0.126. The zero-order chi connectivity index (χ0) is 17.2. The summed E-state index contributed by atoms with van der Waals surface area (Å²) >= 11 is 0. The van der Waals surface area contributed by atoms with Gasteiger partial charge in [-0.25, -0.2) is 9.97 Å². The van der Waals surface area contributed by atoms with E-state index < -0.39 is 0 Å². The number of pyridine rings is 1. The number of nitrogen functional groups attached to an aromatic ring is 1. The molecule has 0 radical (unpaired) electrons. The third kappa shape index (κ3) is 3.38. The number of fused-ring (bicyclic) bond motifs is 1. The molecule has 0 atom stereocenters. The summed E-state index contributed by atoms with van der Waals surface area (Å²) in [6.45, 7) is 3.77. The third-order valence-electron chi connectivity index (χ3n) is 4.35. The van der Waals surface area contributed by atoms with Crippen LogP contribution in [0.1, 0.15) is 5.82 Å². The van der Waals surface area contributed by atoms with Crippen molar-refractivity contribution in [3.05, 3.63) is 52.7 Å². The summed E-state index contributed by atoms with van der Waals surface area (Å²) in [5, 5.41) is 0.569. The molecule has 0 aliphatic carbocycles. The molecule has 0 amide bonds. The highest BCUT2D eigenvalue weighted by Crippen LogP contribution is 2.22. The van der Waals surface area contributed by atoms with Crippen LogP contribution >= 0.6 is 0 Å². The van der Waals surface area contributed by atoms with E-state index in [-0.39, 0.29) is 5.56 Å². The number of rotatable bonds is 3. The Morgan fingerprint density at radius 1 is 1.16 bits per heavy atom. The SMILES string of the molecule is Nc1ccc(-c2ccc3nc(CN4CCOCC4)[nH]c(=O)c3c2)cn1. The monoisotopic (exact) mass is 337 g/mol. The molecule has 3 N–H and O–H groups in total. The Hall–Kier alpha value is -2.77. The number of anilines is 1. The van der Waals surface area contributed by atoms with E-state index in [1.165, 1.54) is 0 Å². The zero-order valence-electron chi connectivity index (χ0n) is 13.7. The second-order valence-electron chi connectivity index (χ2n) is 6.10. The van der Waals surface area contributed by atoms with Crippen molar-refractivity contribution < 1.29 is 4.74 Å². The molecular formula is C18H19N5O2. The first-order valence-electron chi connectivity index (χ1n) is 8.24. The van der Waals surface area contributed by atoms with E-state index >= 15 is 0 Å². The summed E-state index contributed by atoms with van der Waals surface area (Å²) in [6.07, 6.45) is 1.70. The first-order chi connectivity index (χ1) is 12.2. The number of nitrogens with two attached hydrogens (primary N) is 1. The van der Waals surface area contributed by atoms with Gasteiger partial charge in [-0.05, 0) is 29.8 Å². The number of aromatic amines is 1. The molecule has 2 aromatic heterocycles. The van der Waals surface area contributed by atoms with Crippen molar-refractivity contribution in [1.29, 1.82) is 0 Å². The van der Waals surface area contributed by atoms with Crippen LogP contribution in [-0.2, 0) is 11.3 Å². The van der Waals surface area contributed by atoms with Gasteiger partial charge in [-0.3, -0.25) is 9.69 Å². The second-order valence-corrected chi connectivity index (χ2v) is 6.10. The van der Waals surface area contributed by atoms with Crippen molar-refractivity contribution in [3.8, 4) is 11.1 Å². The van der Waals surface area contributed by atoms with Gasteiger partial charge in [-0.2, -0.15) is 0 Å². The highest BCUT2D eigenvalue weighted by atomic mass is 16.5. The Morgan fingerprint density at radius 2 is 1.96 bits per heavy atom. The standard InChI is InChI=1S/C18H19N5O2/c19-16-4-2-13(10-20-16)12-1-3-15-14(9-12)18(24)22-17(21-15)11-23-5-7-25-8-6-23/h1-4,9-10H,5-8,11H2,(H2,19,20)(H,21,22,24). The Balaban J connectivity index is 1.67. The average Bonchev–Trinajstić information content (AvgIpc) is 2.63. The summed E-state index contributed by atoms with van der Waals surface area (Å²) < 4.78 is 5.35. The molecule has 25 heavy (non-hydrogen) atoms. The van der Waals surface area contributed by atoms with E-state index in [1.807, 2.05) is 24.3 Å². The quantitative estimate of drug-likeness (QED) is 0.750. The number of ether oxygens (including phenoxy) is 1. The molecule has 1 aliphatic heterocycles. The summed E-state index contributed by atoms with van der Waals surface area (Å²) in [5.41, 5.74) is 8.01. The van der Waals surface area contributed by atoms with E-state index in [4.69, 9.17) is 10.5 Å². The number of aromatic nitrogens is 3. The van der Waals surface area contributed by atoms with Gasteiger partial charge in [0, 0.05) is 24.8 Å². The summed E-state index contributed by atoms with van der Waals surface area (Å²) in [6, 6.07) is 9.29. The van der Waals surface area contributed by atoms with Crippen molar-refractivity contribution in [1.82, 2.24) is 19.9 Å². The lowest BCUT2D eigenvalue weighted by Crippen LogP contribution is -2.36. The van der Waals surface area contributed by atoms with Gasteiger partial charge < -0.3 is 15.5 Å².